The molecule has 0 aliphatic heterocycles. The summed E-state index contributed by atoms with van der Waals surface area (Å²) in [5.74, 6) is 1.23. The third-order valence-corrected chi connectivity index (χ3v) is 4.02. The first-order chi connectivity index (χ1) is 11.1. The van der Waals surface area contributed by atoms with E-state index in [1.165, 1.54) is 12.1 Å². The number of nitrogens with zero attached hydrogens (tertiary/aromatic N) is 1. The van der Waals surface area contributed by atoms with E-state index in [4.69, 9.17) is 4.74 Å². The summed E-state index contributed by atoms with van der Waals surface area (Å²) in [4.78, 5) is 19.9. The molecule has 1 amide bonds. The van der Waals surface area contributed by atoms with Crippen molar-refractivity contribution in [3.8, 4) is 5.75 Å². The zero-order chi connectivity index (χ0) is 16.2. The highest BCUT2D eigenvalue weighted by atomic mass is 19.1. The van der Waals surface area contributed by atoms with E-state index in [2.05, 4.69) is 15.3 Å². The molecule has 1 aliphatic carbocycles. The number of aryl methyl sites for hydroxylation is 2. The number of aromatic nitrogens is 2. The summed E-state index contributed by atoms with van der Waals surface area (Å²) in [6, 6.07) is 5.83. The highest BCUT2D eigenvalue weighted by Crippen LogP contribution is 2.23. The number of ether oxygens (including phenoxy) is 1. The fraction of sp³-hybridized carbons (Fsp3) is 0.412. The average molecular weight is 317 g/mol. The number of hydrogen-bond donors (Lipinski definition) is 2. The maximum Gasteiger partial charge on any atom is 0.223 e. The molecule has 1 unspecified atom stereocenters. The molecule has 0 fully saturated rings. The van der Waals surface area contributed by atoms with E-state index < -0.39 is 0 Å². The molecule has 1 aliphatic rings. The van der Waals surface area contributed by atoms with Gasteiger partial charge in [0.2, 0.25) is 5.91 Å². The Kier molecular flexibility index (Phi) is 4.60. The second-order valence-corrected chi connectivity index (χ2v) is 5.78. The average Bonchev–Trinajstić information content (AvgIpc) is 2.92. The molecule has 0 spiro atoms. The summed E-state index contributed by atoms with van der Waals surface area (Å²) < 4.78 is 18.2. The molecule has 2 aromatic rings. The van der Waals surface area contributed by atoms with Gasteiger partial charge in [-0.3, -0.25) is 4.79 Å². The van der Waals surface area contributed by atoms with Gasteiger partial charge in [-0.15, -0.1) is 0 Å². The number of H-pyrrole nitrogens is 1. The van der Waals surface area contributed by atoms with Crippen LogP contribution in [0.1, 0.15) is 23.6 Å². The predicted molar refractivity (Wildman–Crippen MR) is 83.7 cm³/mol. The summed E-state index contributed by atoms with van der Waals surface area (Å²) in [5, 5.41) is 2.90. The van der Waals surface area contributed by atoms with E-state index in [1.54, 1.807) is 12.1 Å². The number of rotatable bonds is 5. The molecule has 0 saturated carbocycles. The number of fused-ring (bicyclic) bond motifs is 1. The van der Waals surface area contributed by atoms with Gasteiger partial charge in [0.25, 0.3) is 0 Å². The van der Waals surface area contributed by atoms with Crippen LogP contribution in [0.15, 0.2) is 24.3 Å². The second kappa shape index (κ2) is 6.81. The monoisotopic (exact) mass is 317 g/mol. The molecular formula is C17H20FN3O2. The molecule has 1 aromatic carbocycles. The van der Waals surface area contributed by atoms with Crippen molar-refractivity contribution in [3.63, 3.8) is 0 Å². The van der Waals surface area contributed by atoms with Gasteiger partial charge in [0.1, 0.15) is 24.0 Å². The first-order valence-corrected chi connectivity index (χ1v) is 7.82. The first-order valence-electron chi connectivity index (χ1n) is 7.82. The van der Waals surface area contributed by atoms with Crippen LogP contribution in [0.4, 0.5) is 4.39 Å². The molecule has 3 rings (SSSR count). The Bertz CT molecular complexity index is 682. The van der Waals surface area contributed by atoms with Crippen LogP contribution in [0.5, 0.6) is 5.75 Å². The Morgan fingerprint density at radius 1 is 1.43 bits per heavy atom. The van der Waals surface area contributed by atoms with Crippen molar-refractivity contribution in [2.75, 3.05) is 13.2 Å². The second-order valence-electron chi connectivity index (χ2n) is 5.78. The predicted octanol–water partition coefficient (Wildman–Crippen LogP) is 2.16. The number of hydrogen-bond acceptors (Lipinski definition) is 3. The van der Waals surface area contributed by atoms with Crippen molar-refractivity contribution in [3.05, 3.63) is 47.3 Å². The number of nitrogens with one attached hydrogen (secondary N) is 2. The van der Waals surface area contributed by atoms with Gasteiger partial charge < -0.3 is 15.0 Å². The molecule has 6 heteroatoms. The number of benzene rings is 1. The summed E-state index contributed by atoms with van der Waals surface area (Å²) in [7, 11) is 0. The SMILES string of the molecule is Cc1nc2c([nH]1)CC(C(=O)NCCOc1ccc(F)cc1)CC2. The largest absolute Gasteiger partial charge is 0.492 e. The molecular weight excluding hydrogens is 297 g/mol. The van der Waals surface area contributed by atoms with Crippen molar-refractivity contribution in [2.24, 2.45) is 5.92 Å². The lowest BCUT2D eigenvalue weighted by atomic mass is 9.89. The topological polar surface area (TPSA) is 67.0 Å². The van der Waals surface area contributed by atoms with Crippen LogP contribution in [0.25, 0.3) is 0 Å². The Labute approximate surface area is 134 Å². The van der Waals surface area contributed by atoms with Gasteiger partial charge >= 0.3 is 0 Å². The molecule has 0 saturated heterocycles. The van der Waals surface area contributed by atoms with Crippen LogP contribution in [-0.4, -0.2) is 29.0 Å². The van der Waals surface area contributed by atoms with E-state index in [-0.39, 0.29) is 17.6 Å². The number of amides is 1. The number of imidazole rings is 1. The van der Waals surface area contributed by atoms with Crippen molar-refractivity contribution in [1.82, 2.24) is 15.3 Å². The van der Waals surface area contributed by atoms with Gasteiger partial charge in [0.15, 0.2) is 0 Å². The van der Waals surface area contributed by atoms with Gasteiger partial charge in [0.05, 0.1) is 12.2 Å². The van der Waals surface area contributed by atoms with Crippen molar-refractivity contribution in [2.45, 2.75) is 26.2 Å². The molecule has 122 valence electrons. The molecule has 0 bridgehead atoms. The van der Waals surface area contributed by atoms with Gasteiger partial charge in [-0.2, -0.15) is 0 Å². The molecule has 23 heavy (non-hydrogen) atoms. The molecule has 1 atom stereocenters. The maximum absolute atomic E-state index is 12.8. The lowest BCUT2D eigenvalue weighted by Gasteiger charge is -2.20. The molecule has 1 heterocycles. The molecule has 5 nitrogen and oxygen atoms in total. The summed E-state index contributed by atoms with van der Waals surface area (Å²) in [6.45, 7) is 2.72. The van der Waals surface area contributed by atoms with E-state index >= 15 is 0 Å². The smallest absolute Gasteiger partial charge is 0.223 e. The lowest BCUT2D eigenvalue weighted by molar-refractivity contribution is -0.125. The van der Waals surface area contributed by atoms with Crippen molar-refractivity contribution < 1.29 is 13.9 Å². The number of carbonyl (C=O) groups excluding carboxylic acids is 1. The summed E-state index contributed by atoms with van der Waals surface area (Å²) in [6.07, 6.45) is 2.37. The van der Waals surface area contributed by atoms with Crippen LogP contribution in [0.3, 0.4) is 0 Å². The molecule has 0 radical (unpaired) electrons. The Morgan fingerprint density at radius 2 is 2.22 bits per heavy atom. The van der Waals surface area contributed by atoms with Crippen LogP contribution in [0.2, 0.25) is 0 Å². The highest BCUT2D eigenvalue weighted by molar-refractivity contribution is 5.79. The van der Waals surface area contributed by atoms with Gasteiger partial charge in [-0.25, -0.2) is 9.37 Å². The molecule has 1 aromatic heterocycles. The van der Waals surface area contributed by atoms with E-state index in [0.717, 1.165) is 30.1 Å². The number of carbonyl (C=O) groups is 1. The van der Waals surface area contributed by atoms with Crippen molar-refractivity contribution >= 4 is 5.91 Å². The minimum Gasteiger partial charge on any atom is -0.492 e. The van der Waals surface area contributed by atoms with Gasteiger partial charge in [-0.1, -0.05) is 0 Å². The minimum atomic E-state index is -0.295. The van der Waals surface area contributed by atoms with Gasteiger partial charge in [-0.05, 0) is 44.0 Å². The maximum atomic E-state index is 12.8. The van der Waals surface area contributed by atoms with E-state index in [9.17, 15) is 9.18 Å². The lowest BCUT2D eigenvalue weighted by Crippen LogP contribution is -2.36. The quantitative estimate of drug-likeness (QED) is 0.831. The summed E-state index contributed by atoms with van der Waals surface area (Å²) in [5.41, 5.74) is 2.17. The summed E-state index contributed by atoms with van der Waals surface area (Å²) >= 11 is 0. The van der Waals surface area contributed by atoms with Crippen LogP contribution in [0, 0.1) is 18.7 Å². The highest BCUT2D eigenvalue weighted by Gasteiger charge is 2.26. The Hall–Kier alpha value is -2.37. The van der Waals surface area contributed by atoms with Crippen LogP contribution in [-0.2, 0) is 17.6 Å². The third kappa shape index (κ3) is 3.88. The van der Waals surface area contributed by atoms with E-state index in [0.29, 0.717) is 25.3 Å². The van der Waals surface area contributed by atoms with Crippen molar-refractivity contribution in [1.29, 1.82) is 0 Å². The first kappa shape index (κ1) is 15.5. The van der Waals surface area contributed by atoms with E-state index in [1.807, 2.05) is 6.92 Å². The fourth-order valence-corrected chi connectivity index (χ4v) is 2.87. The fourth-order valence-electron chi connectivity index (χ4n) is 2.87. The standard InChI is InChI=1S/C17H20FN3O2/c1-11-20-15-7-2-12(10-16(15)21-11)17(22)19-8-9-23-14-5-3-13(18)4-6-14/h3-6,12H,2,7-10H2,1H3,(H,19,22)(H,20,21). The third-order valence-electron chi connectivity index (χ3n) is 4.02. The van der Waals surface area contributed by atoms with Gasteiger partial charge in [0, 0.05) is 18.0 Å². The number of aromatic amines is 1. The zero-order valence-electron chi connectivity index (χ0n) is 13.1. The van der Waals surface area contributed by atoms with Crippen LogP contribution < -0.4 is 10.1 Å². The minimum absolute atomic E-state index is 0.0202. The Balaban J connectivity index is 1.42. The zero-order valence-corrected chi connectivity index (χ0v) is 13.1. The Morgan fingerprint density at radius 3 is 3.00 bits per heavy atom. The number of halogens is 1. The normalized spacial score (nSPS) is 16.7. The molecule has 2 N–H and O–H groups in total. The van der Waals surface area contributed by atoms with Crippen LogP contribution >= 0.6 is 0 Å².